The van der Waals surface area contributed by atoms with Gasteiger partial charge < -0.3 is 9.64 Å². The van der Waals surface area contributed by atoms with Gasteiger partial charge in [-0.3, -0.25) is 10.1 Å². The Morgan fingerprint density at radius 2 is 2.21 bits per heavy atom. The summed E-state index contributed by atoms with van der Waals surface area (Å²) >= 11 is 0. The predicted molar refractivity (Wildman–Crippen MR) is 72.2 cm³/mol. The number of hydrogen-bond donors (Lipinski definition) is 0. The van der Waals surface area contributed by atoms with E-state index in [2.05, 4.69) is 6.07 Å². The van der Waals surface area contributed by atoms with Gasteiger partial charge in [-0.2, -0.15) is 5.26 Å². The molecule has 0 fully saturated rings. The van der Waals surface area contributed by atoms with Crippen LogP contribution in [-0.2, 0) is 4.74 Å². The number of nitro benzene ring substituents is 1. The molecule has 1 rings (SSSR count). The number of rotatable bonds is 7. The Balaban J connectivity index is 3.08. The second-order valence-corrected chi connectivity index (χ2v) is 4.14. The molecule has 0 aliphatic carbocycles. The number of ether oxygens (including phenoxy) is 1. The van der Waals surface area contributed by atoms with Crippen LogP contribution in [0, 0.1) is 28.4 Å². The fourth-order valence-corrected chi connectivity index (χ4v) is 1.78. The summed E-state index contributed by atoms with van der Waals surface area (Å²) in [6, 6.07) is 7.03. The first-order valence-corrected chi connectivity index (χ1v) is 5.96. The Hall–Kier alpha value is -2.13. The fraction of sp³-hybridized carbons (Fsp3) is 0.462. The molecule has 0 saturated heterocycles. The first kappa shape index (κ1) is 14.9. The molecule has 1 aromatic carbocycles. The third-order valence-electron chi connectivity index (χ3n) is 2.73. The molecule has 0 bridgehead atoms. The third-order valence-corrected chi connectivity index (χ3v) is 2.73. The zero-order valence-electron chi connectivity index (χ0n) is 11.1. The Bertz CT molecular complexity index is 483. The minimum absolute atomic E-state index is 0.0552. The number of nitriles is 1. The Morgan fingerprint density at radius 1 is 1.47 bits per heavy atom. The number of nitrogens with zero attached hydrogens (tertiary/aromatic N) is 3. The van der Waals surface area contributed by atoms with Gasteiger partial charge in [0.15, 0.2) is 0 Å². The van der Waals surface area contributed by atoms with Gasteiger partial charge in [-0.05, 0) is 18.6 Å². The SMILES string of the molecule is COCCN(CCC#N)c1cc(C)ccc1[N+](=O)[O-]. The monoisotopic (exact) mass is 263 g/mol. The predicted octanol–water partition coefficient (Wildman–Crippen LogP) is 2.27. The van der Waals surface area contributed by atoms with Crippen LogP contribution in [0.25, 0.3) is 0 Å². The molecular formula is C13H17N3O3. The largest absolute Gasteiger partial charge is 0.383 e. The molecule has 0 spiro atoms. The van der Waals surface area contributed by atoms with E-state index in [9.17, 15) is 10.1 Å². The van der Waals surface area contributed by atoms with Gasteiger partial charge >= 0.3 is 0 Å². The third kappa shape index (κ3) is 4.23. The van der Waals surface area contributed by atoms with E-state index in [4.69, 9.17) is 10.00 Å². The lowest BCUT2D eigenvalue weighted by Gasteiger charge is -2.23. The van der Waals surface area contributed by atoms with E-state index in [-0.39, 0.29) is 5.69 Å². The van der Waals surface area contributed by atoms with E-state index in [0.717, 1.165) is 5.56 Å². The molecule has 0 N–H and O–H groups in total. The van der Waals surface area contributed by atoms with E-state index in [1.165, 1.54) is 6.07 Å². The first-order chi connectivity index (χ1) is 9.10. The highest BCUT2D eigenvalue weighted by atomic mass is 16.6. The van der Waals surface area contributed by atoms with Crippen molar-refractivity contribution in [3.05, 3.63) is 33.9 Å². The molecule has 0 radical (unpaired) electrons. The van der Waals surface area contributed by atoms with Gasteiger partial charge in [-0.1, -0.05) is 6.07 Å². The van der Waals surface area contributed by atoms with Gasteiger partial charge in [0.05, 0.1) is 24.0 Å². The summed E-state index contributed by atoms with van der Waals surface area (Å²) in [6.45, 7) is 3.30. The molecule has 0 saturated carbocycles. The van der Waals surface area contributed by atoms with Crippen LogP contribution in [0.3, 0.4) is 0 Å². The van der Waals surface area contributed by atoms with Gasteiger partial charge in [0, 0.05) is 26.3 Å². The van der Waals surface area contributed by atoms with Crippen molar-refractivity contribution in [2.75, 3.05) is 31.7 Å². The Kier molecular flexibility index (Phi) is 5.76. The van der Waals surface area contributed by atoms with Gasteiger partial charge in [0.2, 0.25) is 0 Å². The normalized spacial score (nSPS) is 9.95. The van der Waals surface area contributed by atoms with Gasteiger partial charge in [-0.15, -0.1) is 0 Å². The van der Waals surface area contributed by atoms with Crippen molar-refractivity contribution in [1.29, 1.82) is 5.26 Å². The first-order valence-electron chi connectivity index (χ1n) is 5.96. The van der Waals surface area contributed by atoms with Gasteiger partial charge in [0.25, 0.3) is 5.69 Å². The minimum atomic E-state index is -0.402. The summed E-state index contributed by atoms with van der Waals surface area (Å²) in [5, 5.41) is 19.7. The van der Waals surface area contributed by atoms with Crippen LogP contribution in [-0.4, -0.2) is 31.7 Å². The number of aryl methyl sites for hydroxylation is 1. The molecule has 0 atom stereocenters. The maximum atomic E-state index is 11.1. The lowest BCUT2D eigenvalue weighted by molar-refractivity contribution is -0.384. The quantitative estimate of drug-likeness (QED) is 0.557. The molecule has 6 heteroatoms. The molecule has 0 aromatic heterocycles. The number of nitro groups is 1. The second-order valence-electron chi connectivity index (χ2n) is 4.14. The van der Waals surface area contributed by atoms with Crippen LogP contribution in [0.1, 0.15) is 12.0 Å². The van der Waals surface area contributed by atoms with Crippen LogP contribution in [0.15, 0.2) is 18.2 Å². The molecular weight excluding hydrogens is 246 g/mol. The van der Waals surface area contributed by atoms with E-state index in [1.807, 2.05) is 11.8 Å². The van der Waals surface area contributed by atoms with E-state index in [0.29, 0.717) is 31.8 Å². The van der Waals surface area contributed by atoms with Crippen molar-refractivity contribution in [2.45, 2.75) is 13.3 Å². The van der Waals surface area contributed by atoms with Gasteiger partial charge in [-0.25, -0.2) is 0 Å². The number of hydrogen-bond acceptors (Lipinski definition) is 5. The van der Waals surface area contributed by atoms with Crippen molar-refractivity contribution >= 4 is 11.4 Å². The average Bonchev–Trinajstić information content (AvgIpc) is 2.38. The van der Waals surface area contributed by atoms with E-state index in [1.54, 1.807) is 19.2 Å². The summed E-state index contributed by atoms with van der Waals surface area (Å²) in [5.41, 5.74) is 1.54. The summed E-state index contributed by atoms with van der Waals surface area (Å²) in [7, 11) is 1.58. The molecule has 0 heterocycles. The van der Waals surface area contributed by atoms with Crippen molar-refractivity contribution in [2.24, 2.45) is 0 Å². The maximum Gasteiger partial charge on any atom is 0.292 e. The minimum Gasteiger partial charge on any atom is -0.383 e. The maximum absolute atomic E-state index is 11.1. The van der Waals surface area contributed by atoms with Gasteiger partial charge in [0.1, 0.15) is 5.69 Å². The van der Waals surface area contributed by atoms with Crippen LogP contribution >= 0.6 is 0 Å². The van der Waals surface area contributed by atoms with E-state index < -0.39 is 4.92 Å². The highest BCUT2D eigenvalue weighted by Crippen LogP contribution is 2.29. The molecule has 19 heavy (non-hydrogen) atoms. The van der Waals surface area contributed by atoms with Crippen molar-refractivity contribution in [3.63, 3.8) is 0 Å². The molecule has 102 valence electrons. The standard InChI is InChI=1S/C13H17N3O3/c1-11-4-5-12(16(17)18)13(10-11)15(7-3-6-14)8-9-19-2/h4-5,10H,3,7-9H2,1-2H3. The number of anilines is 1. The molecule has 0 amide bonds. The van der Waals surface area contributed by atoms with Crippen molar-refractivity contribution in [1.82, 2.24) is 0 Å². The van der Waals surface area contributed by atoms with Crippen LogP contribution < -0.4 is 4.90 Å². The lowest BCUT2D eigenvalue weighted by atomic mass is 10.1. The molecule has 0 unspecified atom stereocenters. The zero-order valence-corrected chi connectivity index (χ0v) is 11.1. The lowest BCUT2D eigenvalue weighted by Crippen LogP contribution is -2.28. The topological polar surface area (TPSA) is 79.4 Å². The smallest absolute Gasteiger partial charge is 0.292 e. The summed E-state index contributed by atoms with van der Waals surface area (Å²) in [6.07, 6.45) is 0.314. The fourth-order valence-electron chi connectivity index (χ4n) is 1.78. The molecule has 0 aliphatic rings. The summed E-state index contributed by atoms with van der Waals surface area (Å²) < 4.78 is 5.01. The summed E-state index contributed by atoms with van der Waals surface area (Å²) in [5.74, 6) is 0. The highest BCUT2D eigenvalue weighted by molar-refractivity contribution is 5.64. The van der Waals surface area contributed by atoms with Crippen LogP contribution in [0.2, 0.25) is 0 Å². The van der Waals surface area contributed by atoms with Crippen molar-refractivity contribution < 1.29 is 9.66 Å². The number of benzene rings is 1. The molecule has 6 nitrogen and oxygen atoms in total. The Morgan fingerprint density at radius 3 is 2.79 bits per heavy atom. The second kappa shape index (κ2) is 7.34. The zero-order chi connectivity index (χ0) is 14.3. The van der Waals surface area contributed by atoms with Crippen LogP contribution in [0.4, 0.5) is 11.4 Å². The summed E-state index contributed by atoms with van der Waals surface area (Å²) in [4.78, 5) is 12.5. The van der Waals surface area contributed by atoms with E-state index >= 15 is 0 Å². The number of methoxy groups -OCH3 is 1. The average molecular weight is 263 g/mol. The molecule has 1 aromatic rings. The van der Waals surface area contributed by atoms with Crippen molar-refractivity contribution in [3.8, 4) is 6.07 Å². The van der Waals surface area contributed by atoms with Crippen LogP contribution in [0.5, 0.6) is 0 Å². The molecule has 0 aliphatic heterocycles. The Labute approximate surface area is 112 Å². The highest BCUT2D eigenvalue weighted by Gasteiger charge is 2.19.